The van der Waals surface area contributed by atoms with Gasteiger partial charge in [0.1, 0.15) is 5.82 Å². The van der Waals surface area contributed by atoms with Crippen LogP contribution < -0.4 is 0 Å². The molecule has 0 saturated carbocycles. The lowest BCUT2D eigenvalue weighted by atomic mass is 10.1. The van der Waals surface area contributed by atoms with Crippen molar-refractivity contribution in [3.8, 4) is 0 Å². The number of H-pyrrole nitrogens is 1. The summed E-state index contributed by atoms with van der Waals surface area (Å²) in [4.78, 5) is 32.3. The minimum Gasteiger partial charge on any atom is -0.478 e. The number of benzene rings is 2. The summed E-state index contributed by atoms with van der Waals surface area (Å²) in [5.41, 5.74) is 1.89. The minimum absolute atomic E-state index is 0.190. The second kappa shape index (κ2) is 11.1. The van der Waals surface area contributed by atoms with Gasteiger partial charge in [-0.15, -0.1) is 0 Å². The van der Waals surface area contributed by atoms with Crippen molar-refractivity contribution in [2.24, 2.45) is 0 Å². The van der Waals surface area contributed by atoms with Crippen molar-refractivity contribution in [2.75, 3.05) is 0 Å². The number of nitrogens with zero attached hydrogens (tertiary/aromatic N) is 2. The molecule has 0 radical (unpaired) electrons. The highest BCUT2D eigenvalue weighted by Crippen LogP contribution is 2.08. The van der Waals surface area contributed by atoms with Crippen LogP contribution in [-0.2, 0) is 6.42 Å². The Morgan fingerprint density at radius 1 is 0.867 bits per heavy atom. The van der Waals surface area contributed by atoms with Gasteiger partial charge in [-0.25, -0.2) is 14.6 Å². The van der Waals surface area contributed by atoms with E-state index in [0.29, 0.717) is 0 Å². The van der Waals surface area contributed by atoms with Crippen LogP contribution in [-0.4, -0.2) is 37.1 Å². The summed E-state index contributed by atoms with van der Waals surface area (Å²) in [5, 5.41) is 18.3. The molecule has 3 N–H and O–H groups in total. The summed E-state index contributed by atoms with van der Waals surface area (Å²) >= 11 is 0. The monoisotopic (exact) mass is 405 g/mol. The molecule has 2 aromatic heterocycles. The van der Waals surface area contributed by atoms with E-state index in [2.05, 4.69) is 34.0 Å². The van der Waals surface area contributed by atoms with E-state index in [9.17, 15) is 9.59 Å². The van der Waals surface area contributed by atoms with Crippen LogP contribution in [0.4, 0.5) is 0 Å². The quantitative estimate of drug-likeness (QED) is 0.459. The van der Waals surface area contributed by atoms with E-state index in [1.165, 1.54) is 35.3 Å². The first kappa shape index (κ1) is 22.3. The number of pyridine rings is 1. The fourth-order valence-electron chi connectivity index (χ4n) is 2.52. The van der Waals surface area contributed by atoms with E-state index in [0.717, 1.165) is 17.8 Å². The van der Waals surface area contributed by atoms with Crippen LogP contribution >= 0.6 is 0 Å². The van der Waals surface area contributed by atoms with Gasteiger partial charge in [-0.1, -0.05) is 43.3 Å². The summed E-state index contributed by atoms with van der Waals surface area (Å²) in [6.07, 6.45) is 4.72. The van der Waals surface area contributed by atoms with Gasteiger partial charge in [0.2, 0.25) is 0 Å². The average Bonchev–Trinajstić information content (AvgIpc) is 3.20. The second-order valence-corrected chi connectivity index (χ2v) is 6.20. The van der Waals surface area contributed by atoms with Gasteiger partial charge in [0.05, 0.1) is 16.6 Å². The first-order valence-corrected chi connectivity index (χ1v) is 9.28. The molecule has 0 bridgehead atoms. The Bertz CT molecular complexity index is 1020. The Morgan fingerprint density at radius 3 is 1.90 bits per heavy atom. The zero-order valence-electron chi connectivity index (χ0n) is 16.7. The highest BCUT2D eigenvalue weighted by Gasteiger charge is 2.13. The maximum Gasteiger partial charge on any atom is 0.336 e. The Morgan fingerprint density at radius 2 is 1.43 bits per heavy atom. The normalized spacial score (nSPS) is 9.67. The number of imidazole rings is 1. The fraction of sp³-hybridized carbons (Fsp3) is 0.130. The lowest BCUT2D eigenvalue weighted by Gasteiger charge is -1.98. The molecule has 0 atom stereocenters. The Kier molecular flexibility index (Phi) is 8.26. The highest BCUT2D eigenvalue weighted by molar-refractivity contribution is 6.01. The third-order valence-corrected chi connectivity index (χ3v) is 4.04. The number of hydrogen-bond acceptors (Lipinski definition) is 4. The predicted molar refractivity (Wildman–Crippen MR) is 115 cm³/mol. The Hall–Kier alpha value is -4.00. The maximum absolute atomic E-state index is 10.5. The molecule has 30 heavy (non-hydrogen) atoms. The third-order valence-electron chi connectivity index (χ3n) is 4.04. The van der Waals surface area contributed by atoms with Crippen molar-refractivity contribution in [1.82, 2.24) is 15.0 Å². The van der Waals surface area contributed by atoms with Crippen LogP contribution in [0.2, 0.25) is 0 Å². The van der Waals surface area contributed by atoms with E-state index < -0.39 is 11.9 Å². The van der Waals surface area contributed by atoms with E-state index in [1.807, 2.05) is 43.6 Å². The van der Waals surface area contributed by atoms with E-state index in [-0.39, 0.29) is 11.1 Å². The molecule has 0 spiro atoms. The lowest BCUT2D eigenvalue weighted by Crippen LogP contribution is -2.06. The molecule has 0 aliphatic carbocycles. The third kappa shape index (κ3) is 6.56. The number of aromatic carboxylic acids is 2. The first-order chi connectivity index (χ1) is 14.4. The van der Waals surface area contributed by atoms with E-state index in [1.54, 1.807) is 0 Å². The molecule has 154 valence electrons. The molecule has 0 unspecified atom stereocenters. The van der Waals surface area contributed by atoms with E-state index in [4.69, 9.17) is 10.2 Å². The van der Waals surface area contributed by atoms with Crippen LogP contribution in [0.3, 0.4) is 0 Å². The number of fused-ring (bicyclic) bond motifs is 1. The summed E-state index contributed by atoms with van der Waals surface area (Å²) in [6.45, 7) is 4.06. The van der Waals surface area contributed by atoms with E-state index >= 15 is 0 Å². The van der Waals surface area contributed by atoms with Crippen LogP contribution in [0.5, 0.6) is 0 Å². The number of aromatic amines is 1. The minimum atomic E-state index is -1.23. The van der Waals surface area contributed by atoms with Crippen molar-refractivity contribution in [2.45, 2.75) is 20.3 Å². The molecule has 7 nitrogen and oxygen atoms in total. The Balaban J connectivity index is 0.000000163. The number of nitrogens with one attached hydrogen (secondary N) is 1. The van der Waals surface area contributed by atoms with Gasteiger partial charge in [-0.2, -0.15) is 0 Å². The SMILES string of the molecule is CCc1cnc(C)[nH]1.O=C(O)c1ccccc1C(=O)O.c1ccc2ncccc2c1. The van der Waals surface area contributed by atoms with Crippen molar-refractivity contribution in [1.29, 1.82) is 0 Å². The molecule has 0 saturated heterocycles. The average molecular weight is 405 g/mol. The summed E-state index contributed by atoms with van der Waals surface area (Å²) in [7, 11) is 0. The summed E-state index contributed by atoms with van der Waals surface area (Å²) in [5.74, 6) is -1.46. The Labute approximate surface area is 174 Å². The van der Waals surface area contributed by atoms with Crippen molar-refractivity contribution in [3.63, 3.8) is 0 Å². The van der Waals surface area contributed by atoms with Gasteiger partial charge in [0.25, 0.3) is 0 Å². The number of aryl methyl sites for hydroxylation is 2. The van der Waals surface area contributed by atoms with Gasteiger partial charge in [0, 0.05) is 23.5 Å². The number of carboxylic acid groups (broad SMARTS) is 2. The number of carboxylic acids is 2. The molecule has 7 heteroatoms. The molecule has 0 amide bonds. The smallest absolute Gasteiger partial charge is 0.336 e. The number of rotatable bonds is 3. The molecule has 0 aliphatic heterocycles. The van der Waals surface area contributed by atoms with Crippen molar-refractivity contribution >= 4 is 22.8 Å². The number of hydrogen-bond donors (Lipinski definition) is 3. The molecule has 2 aromatic carbocycles. The summed E-state index contributed by atoms with van der Waals surface area (Å²) < 4.78 is 0. The van der Waals surface area contributed by atoms with Crippen LogP contribution in [0.1, 0.15) is 39.2 Å². The van der Waals surface area contributed by atoms with Gasteiger partial charge < -0.3 is 15.2 Å². The lowest BCUT2D eigenvalue weighted by molar-refractivity contribution is 0.0651. The molecular weight excluding hydrogens is 382 g/mol. The van der Waals surface area contributed by atoms with Gasteiger partial charge in [0.15, 0.2) is 0 Å². The molecule has 0 aliphatic rings. The van der Waals surface area contributed by atoms with Crippen LogP contribution in [0.15, 0.2) is 73.1 Å². The number of carbonyl (C=O) groups is 2. The fourth-order valence-corrected chi connectivity index (χ4v) is 2.52. The zero-order chi connectivity index (χ0) is 21.9. The molecule has 4 rings (SSSR count). The molecule has 0 fully saturated rings. The predicted octanol–water partition coefficient (Wildman–Crippen LogP) is 4.60. The van der Waals surface area contributed by atoms with Crippen LogP contribution in [0, 0.1) is 6.92 Å². The first-order valence-electron chi connectivity index (χ1n) is 9.28. The van der Waals surface area contributed by atoms with Crippen molar-refractivity contribution in [3.05, 3.63) is 95.7 Å². The van der Waals surface area contributed by atoms with Gasteiger partial charge in [-0.3, -0.25) is 4.98 Å². The topological polar surface area (TPSA) is 116 Å². The maximum atomic E-state index is 10.5. The van der Waals surface area contributed by atoms with Gasteiger partial charge in [-0.05, 0) is 37.6 Å². The second-order valence-electron chi connectivity index (χ2n) is 6.20. The molecule has 2 heterocycles. The van der Waals surface area contributed by atoms with Crippen molar-refractivity contribution < 1.29 is 19.8 Å². The highest BCUT2D eigenvalue weighted by atomic mass is 16.4. The van der Waals surface area contributed by atoms with Crippen LogP contribution in [0.25, 0.3) is 10.9 Å². The molecular formula is C23H23N3O4. The standard InChI is InChI=1S/C9H7N.C8H6O4.C6H10N2/c1-2-6-9-8(4-1)5-3-7-10-9;9-7(10)5-3-1-2-4-6(5)8(11)12;1-3-6-4-7-5(2)8-6/h1-7H;1-4H,(H,9,10)(H,11,12);4H,3H2,1-2H3,(H,7,8). The number of para-hydroxylation sites is 1. The summed E-state index contributed by atoms with van der Waals surface area (Å²) in [6, 6.07) is 17.6. The number of aromatic nitrogens is 3. The van der Waals surface area contributed by atoms with Gasteiger partial charge >= 0.3 is 11.9 Å². The molecule has 4 aromatic rings. The zero-order valence-corrected chi connectivity index (χ0v) is 16.7. The largest absolute Gasteiger partial charge is 0.478 e.